The number of pyridine rings is 1. The van der Waals surface area contributed by atoms with Crippen molar-refractivity contribution in [3.05, 3.63) is 30.2 Å². The maximum absolute atomic E-state index is 5.39. The third-order valence-electron chi connectivity index (χ3n) is 1.62. The molecule has 0 spiro atoms. The summed E-state index contributed by atoms with van der Waals surface area (Å²) in [6, 6.07) is 5.59. The zero-order chi connectivity index (χ0) is 9.10. The Morgan fingerprint density at radius 1 is 1.38 bits per heavy atom. The summed E-state index contributed by atoms with van der Waals surface area (Å²) < 4.78 is 0. The molecule has 0 amide bonds. The summed E-state index contributed by atoms with van der Waals surface area (Å²) >= 11 is 0. The molecule has 13 heavy (non-hydrogen) atoms. The molecule has 0 saturated heterocycles. The molecular weight excluding hydrogens is 166 g/mol. The number of hydrogen-bond acceptors (Lipinski definition) is 4. The topological polar surface area (TPSA) is 80.5 Å². The van der Waals surface area contributed by atoms with E-state index >= 15 is 0 Å². The van der Waals surface area contributed by atoms with Gasteiger partial charge in [0.25, 0.3) is 0 Å². The molecule has 0 unspecified atom stereocenters. The lowest BCUT2D eigenvalue weighted by Crippen LogP contribution is -1.97. The molecule has 0 aliphatic carbocycles. The lowest BCUT2D eigenvalue weighted by molar-refractivity contribution is 0.917. The van der Waals surface area contributed by atoms with Crippen LogP contribution in [0, 0.1) is 0 Å². The molecule has 0 atom stereocenters. The van der Waals surface area contributed by atoms with Gasteiger partial charge >= 0.3 is 0 Å². The van der Waals surface area contributed by atoms with Crippen LogP contribution in [0.25, 0.3) is 11.5 Å². The second-order valence-electron chi connectivity index (χ2n) is 2.52. The second kappa shape index (κ2) is 3.32. The van der Waals surface area contributed by atoms with E-state index in [1.54, 1.807) is 6.20 Å². The molecular formula is C8H9N5. The van der Waals surface area contributed by atoms with Crippen molar-refractivity contribution in [3.8, 4) is 11.5 Å². The van der Waals surface area contributed by atoms with E-state index in [4.69, 9.17) is 5.73 Å². The Morgan fingerprint density at radius 2 is 2.31 bits per heavy atom. The van der Waals surface area contributed by atoms with Crippen molar-refractivity contribution < 1.29 is 0 Å². The Hall–Kier alpha value is -1.75. The number of nitrogens with zero attached hydrogens (tertiary/aromatic N) is 3. The van der Waals surface area contributed by atoms with E-state index in [0.29, 0.717) is 18.2 Å². The molecule has 0 aromatic carbocycles. The summed E-state index contributed by atoms with van der Waals surface area (Å²) in [5.41, 5.74) is 6.14. The molecule has 3 N–H and O–H groups in total. The Balaban J connectivity index is 2.36. The van der Waals surface area contributed by atoms with Crippen molar-refractivity contribution in [2.24, 2.45) is 5.73 Å². The van der Waals surface area contributed by atoms with Gasteiger partial charge in [-0.1, -0.05) is 6.07 Å². The first-order chi connectivity index (χ1) is 6.40. The van der Waals surface area contributed by atoms with E-state index in [1.165, 1.54) is 0 Å². The van der Waals surface area contributed by atoms with Crippen molar-refractivity contribution in [3.63, 3.8) is 0 Å². The predicted octanol–water partition coefficient (Wildman–Crippen LogP) is 0.325. The van der Waals surface area contributed by atoms with Crippen LogP contribution in [0.1, 0.15) is 5.82 Å². The quantitative estimate of drug-likeness (QED) is 0.689. The van der Waals surface area contributed by atoms with E-state index in [0.717, 1.165) is 5.69 Å². The van der Waals surface area contributed by atoms with E-state index in [1.807, 2.05) is 18.2 Å². The van der Waals surface area contributed by atoms with E-state index < -0.39 is 0 Å². The van der Waals surface area contributed by atoms with E-state index in [-0.39, 0.29) is 0 Å². The van der Waals surface area contributed by atoms with Crippen molar-refractivity contribution in [2.45, 2.75) is 6.54 Å². The largest absolute Gasteiger partial charge is 0.324 e. The molecule has 2 aromatic rings. The predicted molar refractivity (Wildman–Crippen MR) is 47.5 cm³/mol. The summed E-state index contributed by atoms with van der Waals surface area (Å²) in [6.07, 6.45) is 1.70. The third-order valence-corrected chi connectivity index (χ3v) is 1.62. The molecule has 0 aliphatic rings. The maximum Gasteiger partial charge on any atom is 0.199 e. The highest BCUT2D eigenvalue weighted by molar-refractivity contribution is 5.47. The standard InChI is InChI=1S/C8H9N5/c9-5-7-11-8(13-12-7)6-3-1-2-4-10-6/h1-4H,5,9H2,(H,11,12,13). The maximum atomic E-state index is 5.39. The summed E-state index contributed by atoms with van der Waals surface area (Å²) in [5.74, 6) is 1.25. The zero-order valence-electron chi connectivity index (χ0n) is 6.94. The molecule has 2 rings (SSSR count). The van der Waals surface area contributed by atoms with Crippen molar-refractivity contribution in [1.29, 1.82) is 0 Å². The van der Waals surface area contributed by atoms with Gasteiger partial charge in [-0.2, -0.15) is 5.10 Å². The first kappa shape index (κ1) is 7.88. The minimum Gasteiger partial charge on any atom is -0.324 e. The van der Waals surface area contributed by atoms with Crippen LogP contribution in [0.5, 0.6) is 0 Å². The fourth-order valence-electron chi connectivity index (χ4n) is 0.996. The van der Waals surface area contributed by atoms with Crippen molar-refractivity contribution in [1.82, 2.24) is 20.2 Å². The second-order valence-corrected chi connectivity index (χ2v) is 2.52. The first-order valence-corrected chi connectivity index (χ1v) is 3.93. The summed E-state index contributed by atoms with van der Waals surface area (Å²) in [6.45, 7) is 0.361. The van der Waals surface area contributed by atoms with Crippen LogP contribution in [-0.2, 0) is 6.54 Å². The monoisotopic (exact) mass is 175 g/mol. The lowest BCUT2D eigenvalue weighted by atomic mass is 10.3. The fourth-order valence-corrected chi connectivity index (χ4v) is 0.996. The molecule has 5 nitrogen and oxygen atoms in total. The van der Waals surface area contributed by atoms with Crippen LogP contribution in [0.3, 0.4) is 0 Å². The van der Waals surface area contributed by atoms with Gasteiger partial charge in [-0.25, -0.2) is 4.98 Å². The number of H-pyrrole nitrogens is 1. The van der Waals surface area contributed by atoms with E-state index in [9.17, 15) is 0 Å². The van der Waals surface area contributed by atoms with Crippen molar-refractivity contribution >= 4 is 0 Å². The molecule has 0 fully saturated rings. The number of nitrogens with one attached hydrogen (secondary N) is 1. The van der Waals surface area contributed by atoms with Gasteiger partial charge in [0.2, 0.25) is 0 Å². The highest BCUT2D eigenvalue weighted by Gasteiger charge is 2.04. The summed E-state index contributed by atoms with van der Waals surface area (Å²) in [4.78, 5) is 8.26. The van der Waals surface area contributed by atoms with Gasteiger partial charge in [0.15, 0.2) is 5.82 Å². The van der Waals surface area contributed by atoms with Crippen LogP contribution >= 0.6 is 0 Å². The minimum atomic E-state index is 0.361. The Morgan fingerprint density at radius 3 is 2.92 bits per heavy atom. The number of hydrogen-bond donors (Lipinski definition) is 2. The van der Waals surface area contributed by atoms with Crippen LogP contribution in [0.4, 0.5) is 0 Å². The molecule has 0 radical (unpaired) electrons. The fraction of sp³-hybridized carbons (Fsp3) is 0.125. The zero-order valence-corrected chi connectivity index (χ0v) is 6.94. The van der Waals surface area contributed by atoms with Crippen LogP contribution in [0.2, 0.25) is 0 Å². The van der Waals surface area contributed by atoms with Gasteiger partial charge in [-0.3, -0.25) is 10.1 Å². The smallest absolute Gasteiger partial charge is 0.199 e. The van der Waals surface area contributed by atoms with Gasteiger partial charge < -0.3 is 5.73 Å². The lowest BCUT2D eigenvalue weighted by Gasteiger charge is -1.90. The molecule has 0 bridgehead atoms. The van der Waals surface area contributed by atoms with Gasteiger partial charge in [0, 0.05) is 6.20 Å². The normalized spacial score (nSPS) is 10.2. The molecule has 0 aliphatic heterocycles. The molecule has 5 heteroatoms. The van der Waals surface area contributed by atoms with Crippen LogP contribution in [0.15, 0.2) is 24.4 Å². The van der Waals surface area contributed by atoms with Gasteiger partial charge in [-0.15, -0.1) is 0 Å². The Labute approximate surface area is 75.0 Å². The average molecular weight is 175 g/mol. The van der Waals surface area contributed by atoms with Gasteiger partial charge in [0.05, 0.1) is 6.54 Å². The molecule has 2 aromatic heterocycles. The molecule has 66 valence electrons. The van der Waals surface area contributed by atoms with Crippen LogP contribution < -0.4 is 5.73 Å². The Bertz CT molecular complexity index is 380. The number of aromatic amines is 1. The number of rotatable bonds is 2. The molecule has 2 heterocycles. The Kier molecular flexibility index (Phi) is 2.01. The summed E-state index contributed by atoms with van der Waals surface area (Å²) in [5, 5.41) is 6.71. The van der Waals surface area contributed by atoms with E-state index in [2.05, 4.69) is 20.2 Å². The highest BCUT2D eigenvalue weighted by atomic mass is 15.2. The van der Waals surface area contributed by atoms with Crippen LogP contribution in [-0.4, -0.2) is 20.2 Å². The average Bonchev–Trinajstić information content (AvgIpc) is 2.67. The highest BCUT2D eigenvalue weighted by Crippen LogP contribution is 2.09. The van der Waals surface area contributed by atoms with Gasteiger partial charge in [-0.05, 0) is 12.1 Å². The number of aromatic nitrogens is 4. The SMILES string of the molecule is NCc1nc(-c2ccccn2)n[nH]1. The number of nitrogens with two attached hydrogens (primary N) is 1. The van der Waals surface area contributed by atoms with Crippen molar-refractivity contribution in [2.75, 3.05) is 0 Å². The summed E-state index contributed by atoms with van der Waals surface area (Å²) in [7, 11) is 0. The third kappa shape index (κ3) is 1.54. The minimum absolute atomic E-state index is 0.361. The molecule has 0 saturated carbocycles. The van der Waals surface area contributed by atoms with Gasteiger partial charge in [0.1, 0.15) is 11.5 Å². The first-order valence-electron chi connectivity index (χ1n) is 3.93.